The smallest absolute Gasteiger partial charge is 0.202 e. The summed E-state index contributed by atoms with van der Waals surface area (Å²) in [5.74, 6) is 1.21. The highest BCUT2D eigenvalue weighted by Crippen LogP contribution is 2.03. The molecule has 5 heteroatoms. The molecule has 2 rings (SSSR count). The van der Waals surface area contributed by atoms with Crippen molar-refractivity contribution in [3.05, 3.63) is 35.9 Å². The lowest BCUT2D eigenvalue weighted by atomic mass is 10.1. The number of hydrogen-bond donors (Lipinski definition) is 2. The molecule has 1 heterocycles. The average Bonchev–Trinajstić information content (AvgIpc) is 2.36. The van der Waals surface area contributed by atoms with Gasteiger partial charge in [0.2, 0.25) is 5.96 Å². The van der Waals surface area contributed by atoms with Crippen molar-refractivity contribution >= 4 is 11.9 Å². The minimum Gasteiger partial charge on any atom is -0.370 e. The molecule has 1 aromatic rings. The van der Waals surface area contributed by atoms with Gasteiger partial charge < -0.3 is 10.6 Å². The van der Waals surface area contributed by atoms with Gasteiger partial charge in [-0.15, -0.1) is 0 Å². The molecule has 1 unspecified atom stereocenters. The quantitative estimate of drug-likeness (QED) is 0.827. The molecule has 3 N–H and O–H groups in total. The molecule has 0 aliphatic carbocycles. The van der Waals surface area contributed by atoms with E-state index in [1.54, 1.807) is 0 Å². The summed E-state index contributed by atoms with van der Waals surface area (Å²) in [7, 11) is 2.00. The number of nitrogens with two attached hydrogens (primary N) is 1. The zero-order chi connectivity index (χ0) is 13.0. The Balaban J connectivity index is 1.91. The number of benzene rings is 1. The van der Waals surface area contributed by atoms with E-state index >= 15 is 0 Å². The molecule has 1 aliphatic rings. The molecule has 1 aliphatic heterocycles. The van der Waals surface area contributed by atoms with Crippen LogP contribution in [0.1, 0.15) is 12.5 Å². The Kier molecular flexibility index (Phi) is 3.82. The van der Waals surface area contributed by atoms with Crippen LogP contribution in [0.4, 0.5) is 0 Å². The SMILES string of the molecule is CC1N=C(N)NC(N(C)CCc2ccccc2)=N1. The van der Waals surface area contributed by atoms with Gasteiger partial charge in [-0.25, -0.2) is 9.98 Å². The summed E-state index contributed by atoms with van der Waals surface area (Å²) in [5, 5.41) is 2.99. The first-order valence-corrected chi connectivity index (χ1v) is 6.08. The van der Waals surface area contributed by atoms with Crippen LogP contribution in [0.15, 0.2) is 40.3 Å². The van der Waals surface area contributed by atoms with Crippen molar-refractivity contribution in [2.45, 2.75) is 19.5 Å². The maximum absolute atomic E-state index is 5.69. The first-order valence-electron chi connectivity index (χ1n) is 6.08. The van der Waals surface area contributed by atoms with E-state index in [-0.39, 0.29) is 6.17 Å². The summed E-state index contributed by atoms with van der Waals surface area (Å²) < 4.78 is 0. The van der Waals surface area contributed by atoms with Gasteiger partial charge in [-0.2, -0.15) is 0 Å². The molecular weight excluding hydrogens is 226 g/mol. The van der Waals surface area contributed by atoms with E-state index in [1.165, 1.54) is 5.56 Å². The third-order valence-corrected chi connectivity index (χ3v) is 2.82. The Morgan fingerprint density at radius 2 is 2.00 bits per heavy atom. The number of rotatable bonds is 3. The number of aliphatic imine (C=N–C) groups is 2. The van der Waals surface area contributed by atoms with Gasteiger partial charge in [0.05, 0.1) is 0 Å². The van der Waals surface area contributed by atoms with Crippen LogP contribution < -0.4 is 11.1 Å². The molecule has 1 atom stereocenters. The molecule has 0 aromatic heterocycles. The van der Waals surface area contributed by atoms with Crippen molar-refractivity contribution in [2.24, 2.45) is 15.7 Å². The largest absolute Gasteiger partial charge is 0.370 e. The van der Waals surface area contributed by atoms with Crippen LogP contribution in [0.2, 0.25) is 0 Å². The fraction of sp³-hybridized carbons (Fsp3) is 0.385. The second-order valence-electron chi connectivity index (χ2n) is 4.38. The monoisotopic (exact) mass is 245 g/mol. The second kappa shape index (κ2) is 5.53. The highest BCUT2D eigenvalue weighted by Gasteiger charge is 2.14. The van der Waals surface area contributed by atoms with Gasteiger partial charge in [0.25, 0.3) is 0 Å². The highest BCUT2D eigenvalue weighted by molar-refractivity contribution is 5.99. The van der Waals surface area contributed by atoms with Crippen LogP contribution in [0.5, 0.6) is 0 Å². The Bertz CT molecular complexity index is 452. The van der Waals surface area contributed by atoms with E-state index in [2.05, 4.69) is 44.5 Å². The van der Waals surface area contributed by atoms with E-state index in [0.717, 1.165) is 18.9 Å². The van der Waals surface area contributed by atoms with Crippen LogP contribution in [0, 0.1) is 0 Å². The topological polar surface area (TPSA) is 66.0 Å². The van der Waals surface area contributed by atoms with Gasteiger partial charge in [0.1, 0.15) is 6.17 Å². The fourth-order valence-corrected chi connectivity index (χ4v) is 1.83. The molecule has 5 nitrogen and oxygen atoms in total. The summed E-state index contributed by atoms with van der Waals surface area (Å²) in [6.45, 7) is 2.80. The molecule has 0 bridgehead atoms. The van der Waals surface area contributed by atoms with Gasteiger partial charge in [-0.05, 0) is 18.9 Å². The molecule has 0 saturated carbocycles. The first kappa shape index (κ1) is 12.4. The maximum atomic E-state index is 5.69. The van der Waals surface area contributed by atoms with Crippen molar-refractivity contribution in [3.8, 4) is 0 Å². The van der Waals surface area contributed by atoms with Crippen LogP contribution in [0.25, 0.3) is 0 Å². The Hall–Kier alpha value is -2.04. The van der Waals surface area contributed by atoms with Crippen LogP contribution in [-0.2, 0) is 6.42 Å². The minimum atomic E-state index is -0.111. The van der Waals surface area contributed by atoms with Gasteiger partial charge >= 0.3 is 0 Å². The molecule has 0 amide bonds. The van der Waals surface area contributed by atoms with Crippen LogP contribution in [0.3, 0.4) is 0 Å². The summed E-state index contributed by atoms with van der Waals surface area (Å²) in [5.41, 5.74) is 7.01. The van der Waals surface area contributed by atoms with E-state index in [9.17, 15) is 0 Å². The van der Waals surface area contributed by atoms with Crippen molar-refractivity contribution < 1.29 is 0 Å². The van der Waals surface area contributed by atoms with Crippen molar-refractivity contribution in [1.82, 2.24) is 10.2 Å². The molecule has 18 heavy (non-hydrogen) atoms. The molecule has 0 radical (unpaired) electrons. The third kappa shape index (κ3) is 3.23. The zero-order valence-corrected chi connectivity index (χ0v) is 10.8. The van der Waals surface area contributed by atoms with Gasteiger partial charge in [0.15, 0.2) is 5.96 Å². The average molecular weight is 245 g/mol. The lowest BCUT2D eigenvalue weighted by Crippen LogP contribution is -2.49. The first-order chi connectivity index (χ1) is 8.65. The standard InChI is InChI=1S/C13H19N5/c1-10-15-12(14)17-13(16-10)18(2)9-8-11-6-4-3-5-7-11/h3-7,10H,8-9H2,1-2H3,(H3,14,15,16,17). The Labute approximate surface area is 107 Å². The van der Waals surface area contributed by atoms with Gasteiger partial charge in [-0.3, -0.25) is 5.32 Å². The number of nitrogens with one attached hydrogen (secondary N) is 1. The van der Waals surface area contributed by atoms with Gasteiger partial charge in [0, 0.05) is 13.6 Å². The molecule has 1 aromatic carbocycles. The van der Waals surface area contributed by atoms with Crippen molar-refractivity contribution in [3.63, 3.8) is 0 Å². The lowest BCUT2D eigenvalue weighted by Gasteiger charge is -2.25. The maximum Gasteiger partial charge on any atom is 0.202 e. The molecule has 96 valence electrons. The number of likely N-dealkylation sites (N-methyl/N-ethyl adjacent to an activating group) is 1. The van der Waals surface area contributed by atoms with Crippen LogP contribution >= 0.6 is 0 Å². The third-order valence-electron chi connectivity index (χ3n) is 2.82. The molecular formula is C13H19N5. The molecule has 0 spiro atoms. The summed E-state index contributed by atoms with van der Waals surface area (Å²) in [6, 6.07) is 10.4. The van der Waals surface area contributed by atoms with E-state index < -0.39 is 0 Å². The summed E-state index contributed by atoms with van der Waals surface area (Å²) >= 11 is 0. The summed E-state index contributed by atoms with van der Waals surface area (Å²) in [6.07, 6.45) is 0.865. The van der Waals surface area contributed by atoms with Gasteiger partial charge in [-0.1, -0.05) is 30.3 Å². The van der Waals surface area contributed by atoms with Crippen molar-refractivity contribution in [1.29, 1.82) is 0 Å². The van der Waals surface area contributed by atoms with E-state index in [0.29, 0.717) is 5.96 Å². The van der Waals surface area contributed by atoms with Crippen molar-refractivity contribution in [2.75, 3.05) is 13.6 Å². The molecule has 0 fully saturated rings. The predicted molar refractivity (Wildman–Crippen MR) is 74.4 cm³/mol. The van der Waals surface area contributed by atoms with Crippen LogP contribution in [-0.4, -0.2) is 36.6 Å². The zero-order valence-electron chi connectivity index (χ0n) is 10.8. The number of hydrogen-bond acceptors (Lipinski definition) is 5. The van der Waals surface area contributed by atoms with E-state index in [4.69, 9.17) is 5.73 Å². The summed E-state index contributed by atoms with van der Waals surface area (Å²) in [4.78, 5) is 10.6. The predicted octanol–water partition coefficient (Wildman–Crippen LogP) is 0.781. The minimum absolute atomic E-state index is 0.111. The fourth-order valence-electron chi connectivity index (χ4n) is 1.83. The normalized spacial score (nSPS) is 18.7. The Morgan fingerprint density at radius 1 is 1.28 bits per heavy atom. The Morgan fingerprint density at radius 3 is 2.67 bits per heavy atom. The highest BCUT2D eigenvalue weighted by atomic mass is 15.4. The lowest BCUT2D eigenvalue weighted by molar-refractivity contribution is 0.486. The number of guanidine groups is 2. The van der Waals surface area contributed by atoms with E-state index in [1.807, 2.05) is 20.0 Å². The second-order valence-corrected chi connectivity index (χ2v) is 4.38. The molecule has 0 saturated heterocycles. The number of nitrogens with zero attached hydrogens (tertiary/aromatic N) is 3.